The van der Waals surface area contributed by atoms with Gasteiger partial charge in [0, 0.05) is 23.7 Å². The number of aliphatic hydroxyl groups excluding tert-OH is 1. The lowest BCUT2D eigenvalue weighted by atomic mass is 9.98. The van der Waals surface area contributed by atoms with Gasteiger partial charge in [-0.25, -0.2) is 13.1 Å². The normalized spacial score (nSPS) is 25.2. The van der Waals surface area contributed by atoms with E-state index in [0.29, 0.717) is 30.3 Å². The lowest BCUT2D eigenvalue weighted by Gasteiger charge is -2.36. The highest BCUT2D eigenvalue weighted by atomic mass is 35.5. The van der Waals surface area contributed by atoms with Crippen molar-refractivity contribution >= 4 is 21.6 Å². The van der Waals surface area contributed by atoms with E-state index in [1.807, 2.05) is 10.9 Å². The van der Waals surface area contributed by atoms with Crippen LogP contribution in [-0.2, 0) is 21.3 Å². The van der Waals surface area contributed by atoms with Crippen molar-refractivity contribution in [1.29, 1.82) is 0 Å². The summed E-state index contributed by atoms with van der Waals surface area (Å²) in [6, 6.07) is 5.50. The molecule has 2 aromatic rings. The van der Waals surface area contributed by atoms with Gasteiger partial charge in [0.2, 0.25) is 10.0 Å². The zero-order chi connectivity index (χ0) is 20.4. The van der Waals surface area contributed by atoms with E-state index < -0.39 is 22.2 Å². The van der Waals surface area contributed by atoms with Gasteiger partial charge < -0.3 is 9.84 Å². The molecule has 1 aliphatic heterocycles. The molecule has 1 aliphatic carbocycles. The fraction of sp³-hybridized carbons (Fsp3) is 0.579. The molecule has 1 aromatic carbocycles. The van der Waals surface area contributed by atoms with Crippen molar-refractivity contribution in [2.75, 3.05) is 6.61 Å². The topological polar surface area (TPSA) is 106 Å². The molecule has 2 heterocycles. The van der Waals surface area contributed by atoms with Crippen molar-refractivity contribution in [3.05, 3.63) is 41.2 Å². The molecule has 0 spiro atoms. The Kier molecular flexibility index (Phi) is 6.21. The number of aromatic nitrogens is 3. The molecule has 2 fully saturated rings. The first kappa shape index (κ1) is 20.7. The van der Waals surface area contributed by atoms with Crippen LogP contribution >= 0.6 is 11.6 Å². The summed E-state index contributed by atoms with van der Waals surface area (Å²) in [7, 11) is -3.71. The Morgan fingerprint density at radius 3 is 2.66 bits per heavy atom. The van der Waals surface area contributed by atoms with Crippen molar-refractivity contribution < 1.29 is 18.3 Å². The summed E-state index contributed by atoms with van der Waals surface area (Å²) >= 11 is 5.83. The van der Waals surface area contributed by atoms with Gasteiger partial charge in [-0.1, -0.05) is 16.8 Å². The third kappa shape index (κ3) is 5.16. The minimum absolute atomic E-state index is 0.0583. The standard InChI is InChI=1S/C19H25ClN4O4S/c20-14-3-6-16(7-4-14)29(26,27)22-17-8-5-15(28-19(17)12-25)9-10-24-11-18(21-23-24)13-1-2-13/h3-4,6-7,11,13,15,17,19,22,25H,1-2,5,8-10,12H2/t15-,17+,19+/m0/s1. The maximum atomic E-state index is 12.6. The third-order valence-electron chi connectivity index (χ3n) is 5.46. The summed E-state index contributed by atoms with van der Waals surface area (Å²) in [6.45, 7) is 0.434. The molecular formula is C19H25ClN4O4S. The minimum Gasteiger partial charge on any atom is -0.394 e. The molecule has 8 nitrogen and oxygen atoms in total. The van der Waals surface area contributed by atoms with Crippen molar-refractivity contribution in [3.63, 3.8) is 0 Å². The van der Waals surface area contributed by atoms with Gasteiger partial charge >= 0.3 is 0 Å². The summed E-state index contributed by atoms with van der Waals surface area (Å²) in [5.41, 5.74) is 1.06. The van der Waals surface area contributed by atoms with Crippen LogP contribution in [-0.4, -0.2) is 53.4 Å². The summed E-state index contributed by atoms with van der Waals surface area (Å²) in [5.74, 6) is 0.572. The molecule has 2 N–H and O–H groups in total. The first-order valence-corrected chi connectivity index (χ1v) is 11.7. The average molecular weight is 441 g/mol. The fourth-order valence-corrected chi connectivity index (χ4v) is 5.05. The lowest BCUT2D eigenvalue weighted by Crippen LogP contribution is -2.50. The van der Waals surface area contributed by atoms with Crippen molar-refractivity contribution in [3.8, 4) is 0 Å². The minimum atomic E-state index is -3.71. The molecule has 0 unspecified atom stereocenters. The van der Waals surface area contributed by atoms with Crippen LogP contribution in [0.5, 0.6) is 0 Å². The second-order valence-electron chi connectivity index (χ2n) is 7.71. The molecule has 1 aromatic heterocycles. The molecule has 10 heteroatoms. The van der Waals surface area contributed by atoms with Crippen LogP contribution in [0.15, 0.2) is 35.4 Å². The monoisotopic (exact) mass is 440 g/mol. The Morgan fingerprint density at radius 1 is 1.21 bits per heavy atom. The fourth-order valence-electron chi connectivity index (χ4n) is 3.63. The zero-order valence-electron chi connectivity index (χ0n) is 15.9. The van der Waals surface area contributed by atoms with Gasteiger partial charge in [0.05, 0.1) is 35.4 Å². The molecular weight excluding hydrogens is 416 g/mol. The van der Waals surface area contributed by atoms with E-state index in [1.54, 1.807) is 0 Å². The number of benzene rings is 1. The first-order valence-electron chi connectivity index (χ1n) is 9.89. The van der Waals surface area contributed by atoms with Crippen LogP contribution in [0, 0.1) is 0 Å². The summed E-state index contributed by atoms with van der Waals surface area (Å²) in [6.07, 6.45) is 5.76. The van der Waals surface area contributed by atoms with E-state index in [1.165, 1.54) is 37.1 Å². The van der Waals surface area contributed by atoms with Crippen LogP contribution in [0.1, 0.15) is 43.7 Å². The molecule has 2 aliphatic rings. The highest BCUT2D eigenvalue weighted by molar-refractivity contribution is 7.89. The van der Waals surface area contributed by atoms with Gasteiger partial charge in [0.1, 0.15) is 0 Å². The molecule has 29 heavy (non-hydrogen) atoms. The largest absolute Gasteiger partial charge is 0.394 e. The number of ether oxygens (including phenoxy) is 1. The van der Waals surface area contributed by atoms with E-state index in [2.05, 4.69) is 15.0 Å². The number of halogens is 1. The number of nitrogens with zero attached hydrogens (tertiary/aromatic N) is 3. The second-order valence-corrected chi connectivity index (χ2v) is 9.86. The van der Waals surface area contributed by atoms with Crippen molar-refractivity contribution in [2.24, 2.45) is 0 Å². The Bertz CT molecular complexity index is 930. The molecule has 0 amide bonds. The summed E-state index contributed by atoms with van der Waals surface area (Å²) in [4.78, 5) is 0.137. The molecule has 1 saturated heterocycles. The Balaban J connectivity index is 1.32. The molecule has 158 valence electrons. The smallest absolute Gasteiger partial charge is 0.240 e. The highest BCUT2D eigenvalue weighted by Gasteiger charge is 2.34. The Labute approximate surface area is 175 Å². The maximum absolute atomic E-state index is 12.6. The van der Waals surface area contributed by atoms with Gasteiger partial charge in [-0.15, -0.1) is 5.10 Å². The van der Waals surface area contributed by atoms with Gasteiger partial charge in [-0.2, -0.15) is 0 Å². The molecule has 0 radical (unpaired) electrons. The highest BCUT2D eigenvalue weighted by Crippen LogP contribution is 2.38. The van der Waals surface area contributed by atoms with Gasteiger partial charge in [0.15, 0.2) is 0 Å². The van der Waals surface area contributed by atoms with Crippen molar-refractivity contribution in [2.45, 2.75) is 67.7 Å². The molecule has 0 bridgehead atoms. The number of hydrogen-bond donors (Lipinski definition) is 2. The number of aliphatic hydroxyl groups is 1. The Hall–Kier alpha value is -1.52. The number of sulfonamides is 1. The molecule has 1 saturated carbocycles. The van der Waals surface area contributed by atoms with Crippen LogP contribution in [0.3, 0.4) is 0 Å². The predicted molar refractivity (Wildman–Crippen MR) is 107 cm³/mol. The van der Waals surface area contributed by atoms with E-state index in [9.17, 15) is 13.5 Å². The van der Waals surface area contributed by atoms with Gasteiger partial charge in [-0.05, 0) is 56.4 Å². The quantitative estimate of drug-likeness (QED) is 0.651. The average Bonchev–Trinajstić information content (AvgIpc) is 3.45. The Morgan fingerprint density at radius 2 is 1.97 bits per heavy atom. The maximum Gasteiger partial charge on any atom is 0.240 e. The van der Waals surface area contributed by atoms with E-state index in [-0.39, 0.29) is 17.6 Å². The van der Waals surface area contributed by atoms with Crippen LogP contribution in [0.25, 0.3) is 0 Å². The SMILES string of the molecule is O=S(=O)(N[C@@H]1CC[C@@H](CCn2cc(C3CC3)nn2)O[C@@H]1CO)c1ccc(Cl)cc1. The van der Waals surface area contributed by atoms with E-state index >= 15 is 0 Å². The lowest BCUT2D eigenvalue weighted by molar-refractivity contribution is -0.0891. The number of nitrogens with one attached hydrogen (secondary N) is 1. The van der Waals surface area contributed by atoms with Gasteiger partial charge in [-0.3, -0.25) is 4.68 Å². The third-order valence-corrected chi connectivity index (χ3v) is 7.22. The zero-order valence-corrected chi connectivity index (χ0v) is 17.5. The number of rotatable bonds is 8. The van der Waals surface area contributed by atoms with Gasteiger partial charge in [0.25, 0.3) is 0 Å². The molecule has 4 rings (SSSR count). The van der Waals surface area contributed by atoms with E-state index in [0.717, 1.165) is 12.1 Å². The molecule has 3 atom stereocenters. The van der Waals surface area contributed by atoms with Crippen LogP contribution in [0.4, 0.5) is 0 Å². The number of hydrogen-bond acceptors (Lipinski definition) is 6. The summed E-state index contributed by atoms with van der Waals surface area (Å²) < 4.78 is 35.7. The number of aryl methyl sites for hydroxylation is 1. The second kappa shape index (κ2) is 8.69. The predicted octanol–water partition coefficient (Wildman–Crippen LogP) is 2.09. The first-order chi connectivity index (χ1) is 13.9. The van der Waals surface area contributed by atoms with E-state index in [4.69, 9.17) is 16.3 Å². The summed E-state index contributed by atoms with van der Waals surface area (Å²) in [5, 5.41) is 18.6. The van der Waals surface area contributed by atoms with Crippen molar-refractivity contribution in [1.82, 2.24) is 19.7 Å². The van der Waals surface area contributed by atoms with Crippen LogP contribution < -0.4 is 4.72 Å². The van der Waals surface area contributed by atoms with Crippen LogP contribution in [0.2, 0.25) is 5.02 Å².